The molecular weight excluding hydrogens is 348 g/mol. The molecular formula is C21H30O6. The summed E-state index contributed by atoms with van der Waals surface area (Å²) in [5.41, 5.74) is -0.964. The minimum absolute atomic E-state index is 0.244. The maximum Gasteiger partial charge on any atom is 0.330 e. The van der Waals surface area contributed by atoms with Crippen molar-refractivity contribution < 1.29 is 28.5 Å². The van der Waals surface area contributed by atoms with E-state index in [1.165, 1.54) is 6.08 Å². The lowest BCUT2D eigenvalue weighted by Gasteiger charge is -2.64. The lowest BCUT2D eigenvalue weighted by atomic mass is 9.50. The minimum atomic E-state index is -0.475. The molecule has 0 radical (unpaired) electrons. The molecule has 6 heteroatoms. The largest absolute Gasteiger partial charge is 0.456 e. The highest BCUT2D eigenvalue weighted by molar-refractivity contribution is 5.81. The summed E-state index contributed by atoms with van der Waals surface area (Å²) in [5, 5.41) is 0. The Balaban J connectivity index is 1.33. The van der Waals surface area contributed by atoms with Gasteiger partial charge in [-0.2, -0.15) is 0 Å². The third-order valence-electron chi connectivity index (χ3n) is 6.90. The molecule has 6 nitrogen and oxygen atoms in total. The van der Waals surface area contributed by atoms with Crippen molar-refractivity contribution in [1.29, 1.82) is 0 Å². The van der Waals surface area contributed by atoms with Gasteiger partial charge in [-0.15, -0.1) is 0 Å². The van der Waals surface area contributed by atoms with Gasteiger partial charge in [-0.3, -0.25) is 0 Å². The lowest BCUT2D eigenvalue weighted by molar-refractivity contribution is -0.283. The first kappa shape index (κ1) is 18.1. The van der Waals surface area contributed by atoms with E-state index in [4.69, 9.17) is 23.7 Å². The zero-order valence-corrected chi connectivity index (χ0v) is 16.0. The van der Waals surface area contributed by atoms with Crippen LogP contribution in [0.2, 0.25) is 0 Å². The maximum absolute atomic E-state index is 12.1. The summed E-state index contributed by atoms with van der Waals surface area (Å²) in [5.74, 6) is 0.147. The normalized spacial score (nSPS) is 46.3. The summed E-state index contributed by atoms with van der Waals surface area (Å²) < 4.78 is 29.6. The molecule has 4 saturated carbocycles. The molecule has 150 valence electrons. The van der Waals surface area contributed by atoms with Crippen LogP contribution in [-0.4, -0.2) is 61.4 Å². The van der Waals surface area contributed by atoms with Crippen molar-refractivity contribution in [2.24, 2.45) is 5.92 Å². The Hall–Kier alpha value is -0.950. The number of carbonyl (C=O) groups is 1. The van der Waals surface area contributed by atoms with Gasteiger partial charge in [-0.05, 0) is 38.0 Å². The molecule has 0 aromatic carbocycles. The summed E-state index contributed by atoms with van der Waals surface area (Å²) in [6.07, 6.45) is 9.36. The number of epoxide rings is 2. The fraction of sp³-hybridized carbons (Fsp3) is 0.857. The average molecular weight is 378 g/mol. The fourth-order valence-corrected chi connectivity index (χ4v) is 6.15. The van der Waals surface area contributed by atoms with Crippen LogP contribution in [0.3, 0.4) is 0 Å². The van der Waals surface area contributed by atoms with Crippen LogP contribution >= 0.6 is 0 Å². The Labute approximate surface area is 160 Å². The minimum Gasteiger partial charge on any atom is -0.456 e. The second kappa shape index (κ2) is 6.55. The molecule has 4 aliphatic carbocycles. The molecule has 0 spiro atoms. The number of hydrogen-bond donors (Lipinski definition) is 0. The molecule has 0 aromatic rings. The van der Waals surface area contributed by atoms with Crippen LogP contribution in [0, 0.1) is 5.92 Å². The molecule has 4 atom stereocenters. The van der Waals surface area contributed by atoms with Gasteiger partial charge in [0.15, 0.2) is 0 Å². The first-order chi connectivity index (χ1) is 13.0. The Morgan fingerprint density at radius 2 is 1.41 bits per heavy atom. The van der Waals surface area contributed by atoms with E-state index in [2.05, 4.69) is 6.58 Å². The van der Waals surface area contributed by atoms with Gasteiger partial charge in [0.2, 0.25) is 0 Å². The van der Waals surface area contributed by atoms with Gasteiger partial charge in [-0.25, -0.2) is 4.79 Å². The molecule has 0 N–H and O–H groups in total. The van der Waals surface area contributed by atoms with Crippen molar-refractivity contribution in [3.63, 3.8) is 0 Å². The zero-order chi connectivity index (χ0) is 18.5. The third kappa shape index (κ3) is 3.82. The molecule has 6 rings (SSSR count). The molecule has 4 bridgehead atoms. The fourth-order valence-electron chi connectivity index (χ4n) is 6.15. The second-order valence-corrected chi connectivity index (χ2v) is 9.37. The van der Waals surface area contributed by atoms with E-state index in [9.17, 15) is 4.79 Å². The van der Waals surface area contributed by atoms with E-state index in [1.54, 1.807) is 0 Å². The van der Waals surface area contributed by atoms with Crippen molar-refractivity contribution >= 4 is 5.97 Å². The maximum atomic E-state index is 12.1. The Kier molecular flexibility index (Phi) is 4.39. The zero-order valence-electron chi connectivity index (χ0n) is 16.0. The molecule has 4 unspecified atom stereocenters. The van der Waals surface area contributed by atoms with Crippen molar-refractivity contribution in [3.05, 3.63) is 12.7 Å². The Morgan fingerprint density at radius 1 is 0.926 bits per heavy atom. The van der Waals surface area contributed by atoms with E-state index >= 15 is 0 Å². The Morgan fingerprint density at radius 3 is 1.89 bits per heavy atom. The van der Waals surface area contributed by atoms with Gasteiger partial charge in [0.25, 0.3) is 0 Å². The molecule has 2 aliphatic heterocycles. The molecule has 2 saturated heterocycles. The van der Waals surface area contributed by atoms with Crippen LogP contribution in [0.5, 0.6) is 0 Å². The predicted molar refractivity (Wildman–Crippen MR) is 96.3 cm³/mol. The highest BCUT2D eigenvalue weighted by Crippen LogP contribution is 2.63. The third-order valence-corrected chi connectivity index (χ3v) is 6.90. The molecule has 6 aliphatic rings. The molecule has 0 aromatic heterocycles. The van der Waals surface area contributed by atoms with Crippen LogP contribution in [-0.2, 0) is 28.5 Å². The van der Waals surface area contributed by atoms with Gasteiger partial charge < -0.3 is 23.7 Å². The quantitative estimate of drug-likeness (QED) is 0.331. The first-order valence-electron chi connectivity index (χ1n) is 10.4. The molecule has 27 heavy (non-hydrogen) atoms. The summed E-state index contributed by atoms with van der Waals surface area (Å²) in [6, 6.07) is 0. The van der Waals surface area contributed by atoms with Crippen LogP contribution in [0.4, 0.5) is 0 Å². The van der Waals surface area contributed by atoms with Crippen LogP contribution in [0.25, 0.3) is 0 Å². The predicted octanol–water partition coefficient (Wildman–Crippen LogP) is 2.54. The summed E-state index contributed by atoms with van der Waals surface area (Å²) in [6.45, 7) is 6.70. The number of esters is 1. The second-order valence-electron chi connectivity index (χ2n) is 9.37. The van der Waals surface area contributed by atoms with E-state index < -0.39 is 5.60 Å². The first-order valence-corrected chi connectivity index (χ1v) is 10.4. The smallest absolute Gasteiger partial charge is 0.330 e. The average Bonchev–Trinajstić information content (AvgIpc) is 3.47. The van der Waals surface area contributed by atoms with E-state index in [1.807, 2.05) is 0 Å². The van der Waals surface area contributed by atoms with Gasteiger partial charge in [0.05, 0.1) is 36.6 Å². The molecule has 6 fully saturated rings. The summed E-state index contributed by atoms with van der Waals surface area (Å²) >= 11 is 0. The molecule has 0 amide bonds. The van der Waals surface area contributed by atoms with E-state index in [-0.39, 0.29) is 17.2 Å². The lowest BCUT2D eigenvalue weighted by Crippen LogP contribution is -2.68. The highest BCUT2D eigenvalue weighted by atomic mass is 16.6. The monoisotopic (exact) mass is 378 g/mol. The SMILES string of the molecule is C=CC(=O)OC12CC3CC(OCCC4CO4)(CC(OCCC4CO4)(C3)C1)C2. The van der Waals surface area contributed by atoms with E-state index in [0.717, 1.165) is 64.6 Å². The topological polar surface area (TPSA) is 69.8 Å². The number of ether oxygens (including phenoxy) is 5. The van der Waals surface area contributed by atoms with Crippen LogP contribution in [0.1, 0.15) is 51.4 Å². The van der Waals surface area contributed by atoms with Gasteiger partial charge in [-0.1, -0.05) is 6.58 Å². The van der Waals surface area contributed by atoms with Crippen LogP contribution in [0.15, 0.2) is 12.7 Å². The van der Waals surface area contributed by atoms with Gasteiger partial charge in [0.1, 0.15) is 5.60 Å². The molecule has 2 heterocycles. The standard InChI is InChI=1S/C21H30O6/c1-2-18(22)27-21-9-15-7-19(13-21,25-5-3-16-10-23-16)12-20(8-15,14-21)26-6-4-17-11-24-17/h2,15-17H,1,3-14H2. The number of carbonyl (C=O) groups excluding carboxylic acids is 1. The number of rotatable bonds is 10. The van der Waals surface area contributed by atoms with Crippen molar-refractivity contribution in [2.45, 2.75) is 80.4 Å². The Bertz CT molecular complexity index is 576. The summed E-state index contributed by atoms with van der Waals surface area (Å²) in [7, 11) is 0. The van der Waals surface area contributed by atoms with Crippen molar-refractivity contribution in [2.75, 3.05) is 26.4 Å². The van der Waals surface area contributed by atoms with Gasteiger partial charge in [0, 0.05) is 38.6 Å². The van der Waals surface area contributed by atoms with Crippen LogP contribution < -0.4 is 0 Å². The van der Waals surface area contributed by atoms with Crippen molar-refractivity contribution in [1.82, 2.24) is 0 Å². The highest BCUT2D eigenvalue weighted by Gasteiger charge is 2.66. The van der Waals surface area contributed by atoms with E-state index in [0.29, 0.717) is 31.3 Å². The van der Waals surface area contributed by atoms with Gasteiger partial charge >= 0.3 is 5.97 Å². The van der Waals surface area contributed by atoms with Crippen molar-refractivity contribution in [3.8, 4) is 0 Å². The summed E-state index contributed by atoms with van der Waals surface area (Å²) in [4.78, 5) is 12.1. The number of hydrogen-bond acceptors (Lipinski definition) is 6.